The van der Waals surface area contributed by atoms with Gasteiger partial charge in [-0.2, -0.15) is 0 Å². The topological polar surface area (TPSA) is 84.2 Å². The van der Waals surface area contributed by atoms with Gasteiger partial charge in [0.25, 0.3) is 5.91 Å². The Morgan fingerprint density at radius 2 is 1.90 bits per heavy atom. The van der Waals surface area contributed by atoms with Crippen LogP contribution in [0.2, 0.25) is 0 Å². The summed E-state index contributed by atoms with van der Waals surface area (Å²) in [5, 5.41) is 2.96. The highest BCUT2D eigenvalue weighted by Gasteiger charge is 2.14. The Bertz CT molecular complexity index is 1280. The van der Waals surface area contributed by atoms with E-state index < -0.39 is 17.3 Å². The fraction of sp³-hybridized carbons (Fsp3) is 0.0952. The van der Waals surface area contributed by atoms with Crippen LogP contribution in [0.25, 0.3) is 22.2 Å². The number of carbonyl (C=O) groups is 1. The van der Waals surface area contributed by atoms with Crippen molar-refractivity contribution in [2.24, 2.45) is 0 Å². The van der Waals surface area contributed by atoms with Gasteiger partial charge in [-0.05, 0) is 61.4 Å². The Hall–Kier alpha value is -3.52. The number of hydrogen-bond donors (Lipinski definition) is 2. The number of aromatic nitrogens is 1. The predicted octanol–water partition coefficient (Wildman–Crippen LogP) is 4.43. The quantitative estimate of drug-likeness (QED) is 0.385. The summed E-state index contributed by atoms with van der Waals surface area (Å²) in [6.07, 6.45) is 0. The summed E-state index contributed by atoms with van der Waals surface area (Å²) >= 11 is 1.23. The van der Waals surface area contributed by atoms with Crippen LogP contribution in [-0.2, 0) is 0 Å². The minimum atomic E-state index is -0.479. The first-order valence-corrected chi connectivity index (χ1v) is 9.62. The van der Waals surface area contributed by atoms with Gasteiger partial charge < -0.3 is 4.42 Å². The molecule has 0 aliphatic rings. The number of aryl methyl sites for hydroxylation is 2. The molecule has 1 amide bonds. The molecule has 0 spiro atoms. The van der Waals surface area contributed by atoms with E-state index in [-0.39, 0.29) is 0 Å². The van der Waals surface area contributed by atoms with E-state index in [2.05, 4.69) is 15.8 Å². The predicted molar refractivity (Wildman–Crippen MR) is 111 cm³/mol. The molecule has 0 bridgehead atoms. The van der Waals surface area contributed by atoms with Crippen molar-refractivity contribution in [1.29, 1.82) is 0 Å². The number of rotatable bonds is 4. The zero-order valence-electron chi connectivity index (χ0n) is 15.6. The molecule has 0 saturated heterocycles. The zero-order valence-corrected chi connectivity index (χ0v) is 16.4. The van der Waals surface area contributed by atoms with Gasteiger partial charge >= 0.3 is 5.63 Å². The maximum absolute atomic E-state index is 13.0. The van der Waals surface area contributed by atoms with Gasteiger partial charge in [0.05, 0.1) is 11.3 Å². The number of hydrogen-bond acceptors (Lipinski definition) is 6. The van der Waals surface area contributed by atoms with E-state index in [0.29, 0.717) is 27.5 Å². The number of amides is 1. The third-order valence-electron chi connectivity index (χ3n) is 4.63. The van der Waals surface area contributed by atoms with Crippen LogP contribution in [0.15, 0.2) is 57.1 Å². The van der Waals surface area contributed by atoms with Crippen LogP contribution in [0.1, 0.15) is 21.5 Å². The molecule has 6 nitrogen and oxygen atoms in total. The maximum atomic E-state index is 13.0. The highest BCUT2D eigenvalue weighted by Crippen LogP contribution is 2.27. The Balaban J connectivity index is 1.56. The van der Waals surface area contributed by atoms with E-state index in [4.69, 9.17) is 4.42 Å². The van der Waals surface area contributed by atoms with Crippen molar-refractivity contribution in [3.05, 3.63) is 80.8 Å². The van der Waals surface area contributed by atoms with Crippen LogP contribution in [0, 0.1) is 19.7 Å². The fourth-order valence-corrected chi connectivity index (χ4v) is 3.52. The van der Waals surface area contributed by atoms with Gasteiger partial charge in [0.1, 0.15) is 11.4 Å². The SMILES string of the molecule is Cc1ccc2oc(=O)c(-c3csc(NNC(=O)c4ccc(F)cc4)n3)cc2c1C. The first kappa shape index (κ1) is 18.8. The molecule has 29 heavy (non-hydrogen) atoms. The number of thiazole rings is 1. The Kier molecular flexibility index (Phi) is 4.85. The van der Waals surface area contributed by atoms with Crippen LogP contribution >= 0.6 is 11.3 Å². The summed E-state index contributed by atoms with van der Waals surface area (Å²) in [5.74, 6) is -0.850. The van der Waals surface area contributed by atoms with Crippen molar-refractivity contribution < 1.29 is 13.6 Å². The van der Waals surface area contributed by atoms with Crippen molar-refractivity contribution >= 4 is 33.3 Å². The van der Waals surface area contributed by atoms with E-state index in [9.17, 15) is 14.0 Å². The average molecular weight is 409 g/mol. The molecule has 2 N–H and O–H groups in total. The molecule has 0 fully saturated rings. The van der Waals surface area contributed by atoms with E-state index in [1.54, 1.807) is 17.5 Å². The molecule has 4 aromatic rings. The van der Waals surface area contributed by atoms with Crippen LogP contribution in [0.5, 0.6) is 0 Å². The summed E-state index contributed by atoms with van der Waals surface area (Å²) in [4.78, 5) is 28.8. The van der Waals surface area contributed by atoms with Gasteiger partial charge in [0.2, 0.25) is 5.13 Å². The summed E-state index contributed by atoms with van der Waals surface area (Å²) in [6, 6.07) is 10.6. The molecular weight excluding hydrogens is 393 g/mol. The molecule has 0 saturated carbocycles. The largest absolute Gasteiger partial charge is 0.422 e. The van der Waals surface area contributed by atoms with Crippen molar-refractivity contribution in [2.75, 3.05) is 5.43 Å². The zero-order chi connectivity index (χ0) is 20.5. The first-order chi connectivity index (χ1) is 13.9. The number of carbonyl (C=O) groups excluding carboxylic acids is 1. The molecule has 0 radical (unpaired) electrons. The number of nitrogens with one attached hydrogen (secondary N) is 2. The van der Waals surface area contributed by atoms with E-state index in [1.807, 2.05) is 19.9 Å². The van der Waals surface area contributed by atoms with E-state index in [1.165, 1.54) is 35.6 Å². The number of nitrogens with zero attached hydrogens (tertiary/aromatic N) is 1. The molecule has 0 aliphatic carbocycles. The van der Waals surface area contributed by atoms with Gasteiger partial charge in [-0.1, -0.05) is 6.07 Å². The molecule has 4 rings (SSSR count). The minimum absolute atomic E-state index is 0.302. The highest BCUT2D eigenvalue weighted by molar-refractivity contribution is 7.14. The monoisotopic (exact) mass is 409 g/mol. The van der Waals surface area contributed by atoms with Gasteiger partial charge in [-0.15, -0.1) is 11.3 Å². The standard InChI is InChI=1S/C21H16FN3O3S/c1-11-3-8-18-15(12(11)2)9-16(20(27)28-18)17-10-29-21(23-17)25-24-19(26)13-4-6-14(22)7-5-13/h3-10H,1-2H3,(H,23,25)(H,24,26). The number of benzene rings is 2. The lowest BCUT2D eigenvalue weighted by atomic mass is 10.0. The lowest BCUT2D eigenvalue weighted by Gasteiger charge is -2.06. The van der Waals surface area contributed by atoms with Crippen molar-refractivity contribution in [2.45, 2.75) is 13.8 Å². The number of halogens is 1. The Morgan fingerprint density at radius 1 is 1.14 bits per heavy atom. The lowest BCUT2D eigenvalue weighted by Crippen LogP contribution is -2.29. The maximum Gasteiger partial charge on any atom is 0.345 e. The minimum Gasteiger partial charge on any atom is -0.422 e. The third kappa shape index (κ3) is 3.74. The summed E-state index contributed by atoms with van der Waals surface area (Å²) in [7, 11) is 0. The van der Waals surface area contributed by atoms with Crippen molar-refractivity contribution in [3.63, 3.8) is 0 Å². The van der Waals surface area contributed by atoms with Crippen LogP contribution in [0.3, 0.4) is 0 Å². The molecule has 0 unspecified atom stereocenters. The normalized spacial score (nSPS) is 10.9. The molecule has 2 aromatic carbocycles. The molecule has 146 valence electrons. The Labute approximate surface area is 169 Å². The van der Waals surface area contributed by atoms with Crippen LogP contribution in [-0.4, -0.2) is 10.9 Å². The molecule has 2 aromatic heterocycles. The fourth-order valence-electron chi connectivity index (χ4n) is 2.86. The molecule has 0 atom stereocenters. The third-order valence-corrected chi connectivity index (χ3v) is 5.38. The molecule has 0 aliphatic heterocycles. The number of anilines is 1. The second-order valence-electron chi connectivity index (χ2n) is 6.49. The summed E-state index contributed by atoms with van der Waals surface area (Å²) < 4.78 is 18.4. The highest BCUT2D eigenvalue weighted by atomic mass is 32.1. The number of fused-ring (bicyclic) bond motifs is 1. The molecule has 2 heterocycles. The average Bonchev–Trinajstić information content (AvgIpc) is 3.18. The smallest absolute Gasteiger partial charge is 0.345 e. The lowest BCUT2D eigenvalue weighted by molar-refractivity contribution is 0.0962. The van der Waals surface area contributed by atoms with Crippen molar-refractivity contribution in [1.82, 2.24) is 10.4 Å². The van der Waals surface area contributed by atoms with E-state index >= 15 is 0 Å². The summed E-state index contributed by atoms with van der Waals surface area (Å²) in [6.45, 7) is 3.97. The van der Waals surface area contributed by atoms with Crippen molar-refractivity contribution in [3.8, 4) is 11.3 Å². The summed E-state index contributed by atoms with van der Waals surface area (Å²) in [5.41, 5.74) is 8.49. The second-order valence-corrected chi connectivity index (χ2v) is 7.35. The van der Waals surface area contributed by atoms with Crippen LogP contribution < -0.4 is 16.5 Å². The first-order valence-electron chi connectivity index (χ1n) is 8.74. The van der Waals surface area contributed by atoms with Gasteiger partial charge in [-0.3, -0.25) is 15.6 Å². The second kappa shape index (κ2) is 7.48. The van der Waals surface area contributed by atoms with Gasteiger partial charge in [0.15, 0.2) is 0 Å². The van der Waals surface area contributed by atoms with Gasteiger partial charge in [-0.25, -0.2) is 14.2 Å². The number of hydrazine groups is 1. The molecule has 8 heteroatoms. The Morgan fingerprint density at radius 3 is 2.66 bits per heavy atom. The molecular formula is C21H16FN3O3S. The van der Waals surface area contributed by atoms with E-state index in [0.717, 1.165) is 16.5 Å². The van der Waals surface area contributed by atoms with Crippen LogP contribution in [0.4, 0.5) is 9.52 Å². The van der Waals surface area contributed by atoms with Gasteiger partial charge in [0, 0.05) is 16.3 Å².